The number of hydrogen-bond donors (Lipinski definition) is 0. The smallest absolute Gasteiger partial charge is 0.258 e. The van der Waals surface area contributed by atoms with Crippen molar-refractivity contribution in [1.29, 1.82) is 0 Å². The van der Waals surface area contributed by atoms with Crippen LogP contribution in [0.25, 0.3) is 23.0 Å². The molecule has 0 unspecified atom stereocenters. The van der Waals surface area contributed by atoms with Gasteiger partial charge in [-0.2, -0.15) is 4.98 Å². The van der Waals surface area contributed by atoms with Gasteiger partial charge in [0.1, 0.15) is 0 Å². The molecule has 1 aromatic carbocycles. The molecule has 8 nitrogen and oxygen atoms in total. The highest BCUT2D eigenvalue weighted by Gasteiger charge is 2.25. The quantitative estimate of drug-likeness (QED) is 0.532. The first-order valence-corrected chi connectivity index (χ1v) is 8.96. The maximum Gasteiger partial charge on any atom is 0.258 e. The van der Waals surface area contributed by atoms with Crippen molar-refractivity contribution in [1.82, 2.24) is 24.9 Å². The van der Waals surface area contributed by atoms with Crippen LogP contribution in [0.2, 0.25) is 5.02 Å². The predicted octanol–water partition coefficient (Wildman–Crippen LogP) is 3.65. The van der Waals surface area contributed by atoms with Crippen molar-refractivity contribution in [2.45, 2.75) is 19.5 Å². The molecular weight excluding hydrogens is 368 g/mol. The second-order valence-electron chi connectivity index (χ2n) is 6.25. The molecule has 1 aliphatic heterocycles. The number of benzene rings is 1. The minimum atomic E-state index is 0.447. The molecule has 0 aliphatic carbocycles. The van der Waals surface area contributed by atoms with Gasteiger partial charge in [-0.1, -0.05) is 22.8 Å². The molecule has 1 aliphatic rings. The third kappa shape index (κ3) is 2.97. The Morgan fingerprint density at radius 1 is 1.11 bits per heavy atom. The first-order valence-electron chi connectivity index (χ1n) is 8.58. The van der Waals surface area contributed by atoms with E-state index in [2.05, 4.69) is 29.8 Å². The Hall–Kier alpha value is -3.13. The maximum absolute atomic E-state index is 6.03. The van der Waals surface area contributed by atoms with Crippen LogP contribution in [0.5, 0.6) is 0 Å². The van der Waals surface area contributed by atoms with Gasteiger partial charge in [0.2, 0.25) is 11.8 Å². The molecule has 4 heterocycles. The summed E-state index contributed by atoms with van der Waals surface area (Å²) < 4.78 is 12.9. The summed E-state index contributed by atoms with van der Waals surface area (Å²) in [7, 11) is 0. The molecule has 0 saturated heterocycles. The molecule has 0 bridgehead atoms. The summed E-state index contributed by atoms with van der Waals surface area (Å²) in [6, 6.07) is 11.1. The Labute approximate surface area is 159 Å². The summed E-state index contributed by atoms with van der Waals surface area (Å²) in [6.07, 6.45) is 2.60. The van der Waals surface area contributed by atoms with E-state index in [0.29, 0.717) is 29.0 Å². The number of fused-ring (bicyclic) bond motifs is 1. The van der Waals surface area contributed by atoms with Gasteiger partial charge in [0, 0.05) is 23.7 Å². The lowest BCUT2D eigenvalue weighted by Gasteiger charge is -2.27. The van der Waals surface area contributed by atoms with Gasteiger partial charge in [-0.25, -0.2) is 0 Å². The third-order valence-corrected chi connectivity index (χ3v) is 4.67. The second kappa shape index (κ2) is 6.55. The number of aromatic nitrogens is 5. The van der Waals surface area contributed by atoms with Crippen LogP contribution in [0.4, 0.5) is 5.95 Å². The summed E-state index contributed by atoms with van der Waals surface area (Å²) in [6.45, 7) is 2.17. The SMILES string of the molecule is Clc1cccc(-c2nc(CN3CCCn4c(-c5ccco5)nnc43)no2)c1. The standard InChI is InChI=1S/C18H15ClN6O2/c19-13-5-1-4-12(10-13)17-20-15(23-27-17)11-24-7-3-8-25-16(21-22-18(24)25)14-6-2-9-26-14/h1-2,4-6,9-10H,3,7-8,11H2. The highest BCUT2D eigenvalue weighted by Crippen LogP contribution is 2.28. The van der Waals surface area contributed by atoms with Crippen molar-refractivity contribution in [2.75, 3.05) is 11.4 Å². The first-order chi connectivity index (χ1) is 13.3. The summed E-state index contributed by atoms with van der Waals surface area (Å²) in [5.74, 6) is 3.25. The van der Waals surface area contributed by atoms with E-state index < -0.39 is 0 Å². The summed E-state index contributed by atoms with van der Waals surface area (Å²) in [4.78, 5) is 6.58. The van der Waals surface area contributed by atoms with Crippen molar-refractivity contribution in [3.05, 3.63) is 53.5 Å². The molecule has 136 valence electrons. The first kappa shape index (κ1) is 16.1. The Balaban J connectivity index is 1.40. The van der Waals surface area contributed by atoms with Gasteiger partial charge < -0.3 is 13.8 Å². The van der Waals surface area contributed by atoms with Crippen molar-refractivity contribution >= 4 is 17.5 Å². The number of anilines is 1. The highest BCUT2D eigenvalue weighted by molar-refractivity contribution is 6.30. The number of halogens is 1. The molecule has 0 N–H and O–H groups in total. The van der Waals surface area contributed by atoms with Crippen molar-refractivity contribution in [3.63, 3.8) is 0 Å². The van der Waals surface area contributed by atoms with Crippen LogP contribution in [-0.2, 0) is 13.1 Å². The van der Waals surface area contributed by atoms with Crippen LogP contribution in [0.1, 0.15) is 12.2 Å². The van der Waals surface area contributed by atoms with Crippen LogP contribution in [0.15, 0.2) is 51.6 Å². The van der Waals surface area contributed by atoms with Crippen molar-refractivity contribution in [2.24, 2.45) is 0 Å². The number of nitrogens with zero attached hydrogens (tertiary/aromatic N) is 6. The molecular formula is C18H15ClN6O2. The molecule has 0 radical (unpaired) electrons. The molecule has 27 heavy (non-hydrogen) atoms. The zero-order chi connectivity index (χ0) is 18.2. The lowest BCUT2D eigenvalue weighted by atomic mass is 10.2. The fraction of sp³-hybridized carbons (Fsp3) is 0.222. The zero-order valence-corrected chi connectivity index (χ0v) is 15.0. The fourth-order valence-corrected chi connectivity index (χ4v) is 3.41. The van der Waals surface area contributed by atoms with Crippen LogP contribution >= 0.6 is 11.6 Å². The van der Waals surface area contributed by atoms with E-state index in [0.717, 1.165) is 36.8 Å². The predicted molar refractivity (Wildman–Crippen MR) is 98.1 cm³/mol. The van der Waals surface area contributed by atoms with Gasteiger partial charge in [0.05, 0.1) is 12.8 Å². The number of hydrogen-bond acceptors (Lipinski definition) is 7. The lowest BCUT2D eigenvalue weighted by molar-refractivity contribution is 0.420. The van der Waals surface area contributed by atoms with Gasteiger partial charge in [-0.05, 0) is 36.8 Å². The third-order valence-electron chi connectivity index (χ3n) is 4.44. The second-order valence-corrected chi connectivity index (χ2v) is 6.69. The molecule has 0 amide bonds. The Morgan fingerprint density at radius 2 is 2.07 bits per heavy atom. The minimum absolute atomic E-state index is 0.447. The van der Waals surface area contributed by atoms with E-state index >= 15 is 0 Å². The van der Waals surface area contributed by atoms with Crippen LogP contribution < -0.4 is 4.90 Å². The summed E-state index contributed by atoms with van der Waals surface area (Å²) in [5.41, 5.74) is 0.795. The molecule has 5 rings (SSSR count). The van der Waals surface area contributed by atoms with E-state index in [1.807, 2.05) is 24.3 Å². The largest absolute Gasteiger partial charge is 0.461 e. The van der Waals surface area contributed by atoms with E-state index in [4.69, 9.17) is 20.5 Å². The van der Waals surface area contributed by atoms with Gasteiger partial charge in [0.25, 0.3) is 5.89 Å². The molecule has 0 spiro atoms. The Morgan fingerprint density at radius 3 is 2.93 bits per heavy atom. The molecule has 9 heteroatoms. The van der Waals surface area contributed by atoms with Gasteiger partial charge >= 0.3 is 0 Å². The normalized spacial score (nSPS) is 13.7. The minimum Gasteiger partial charge on any atom is -0.461 e. The summed E-state index contributed by atoms with van der Waals surface area (Å²) >= 11 is 6.03. The fourth-order valence-electron chi connectivity index (χ4n) is 3.22. The van der Waals surface area contributed by atoms with Gasteiger partial charge in [-0.15, -0.1) is 10.2 Å². The Bertz CT molecular complexity index is 1070. The van der Waals surface area contributed by atoms with Crippen molar-refractivity contribution in [3.8, 4) is 23.0 Å². The number of furan rings is 1. The monoisotopic (exact) mass is 382 g/mol. The molecule has 3 aromatic heterocycles. The molecule has 0 atom stereocenters. The van der Waals surface area contributed by atoms with E-state index in [9.17, 15) is 0 Å². The number of rotatable bonds is 4. The average Bonchev–Trinajstić information content (AvgIpc) is 3.42. The zero-order valence-electron chi connectivity index (χ0n) is 14.2. The van der Waals surface area contributed by atoms with Crippen LogP contribution in [0.3, 0.4) is 0 Å². The molecule has 0 fully saturated rings. The van der Waals surface area contributed by atoms with E-state index in [-0.39, 0.29) is 0 Å². The van der Waals surface area contributed by atoms with Gasteiger partial charge in [0.15, 0.2) is 11.6 Å². The van der Waals surface area contributed by atoms with Crippen molar-refractivity contribution < 1.29 is 8.94 Å². The average molecular weight is 383 g/mol. The van der Waals surface area contributed by atoms with Gasteiger partial charge in [-0.3, -0.25) is 4.57 Å². The van der Waals surface area contributed by atoms with Crippen LogP contribution in [-0.4, -0.2) is 31.4 Å². The van der Waals surface area contributed by atoms with E-state index in [1.165, 1.54) is 0 Å². The summed E-state index contributed by atoms with van der Waals surface area (Å²) in [5, 5.41) is 13.4. The molecule has 4 aromatic rings. The highest BCUT2D eigenvalue weighted by atomic mass is 35.5. The Kier molecular flexibility index (Phi) is 3.90. The topological polar surface area (TPSA) is 86.0 Å². The maximum atomic E-state index is 6.03. The van der Waals surface area contributed by atoms with E-state index in [1.54, 1.807) is 18.4 Å². The van der Waals surface area contributed by atoms with Crippen LogP contribution in [0, 0.1) is 0 Å². The molecule has 0 saturated carbocycles. The lowest BCUT2D eigenvalue weighted by Crippen LogP contribution is -2.32.